The number of benzene rings is 1. The maximum Gasteiger partial charge on any atom is 0.163 e. The Labute approximate surface area is 117 Å². The quantitative estimate of drug-likeness (QED) is 0.711. The van der Waals surface area contributed by atoms with Crippen LogP contribution in [0.3, 0.4) is 0 Å². The van der Waals surface area contributed by atoms with Gasteiger partial charge >= 0.3 is 0 Å². The zero-order valence-corrected chi connectivity index (χ0v) is 11.8. The number of nitrogens with zero attached hydrogens (tertiary/aromatic N) is 4. The summed E-state index contributed by atoms with van der Waals surface area (Å²) in [7, 11) is 1.87. The fourth-order valence-electron chi connectivity index (χ4n) is 2.61. The minimum Gasteiger partial charge on any atom is -0.344 e. The molecule has 0 atom stereocenters. The van der Waals surface area contributed by atoms with Crippen LogP contribution in [-0.2, 0) is 7.05 Å². The molecule has 3 aromatic rings. The van der Waals surface area contributed by atoms with Gasteiger partial charge in [0.05, 0.1) is 5.69 Å². The number of rotatable bonds is 2. The van der Waals surface area contributed by atoms with Gasteiger partial charge in [0.25, 0.3) is 0 Å². The summed E-state index contributed by atoms with van der Waals surface area (Å²) in [5.41, 5.74) is 3.74. The average Bonchev–Trinajstić information content (AvgIpc) is 2.99. The second kappa shape index (κ2) is 4.53. The second-order valence-corrected chi connectivity index (χ2v) is 5.21. The van der Waals surface area contributed by atoms with E-state index in [1.54, 1.807) is 4.68 Å². The minimum atomic E-state index is 0.386. The van der Waals surface area contributed by atoms with Crippen molar-refractivity contribution in [3.8, 4) is 17.3 Å². The number of para-hydroxylation sites is 1. The van der Waals surface area contributed by atoms with Gasteiger partial charge in [0.2, 0.25) is 0 Å². The average molecular weight is 264 g/mol. The lowest BCUT2D eigenvalue weighted by atomic mass is 10.1. The summed E-state index contributed by atoms with van der Waals surface area (Å²) in [6.45, 7) is 4.33. The summed E-state index contributed by atoms with van der Waals surface area (Å²) in [6.07, 6.45) is 2.15. The van der Waals surface area contributed by atoms with Crippen molar-refractivity contribution in [1.29, 1.82) is 5.26 Å². The van der Waals surface area contributed by atoms with Crippen LogP contribution in [-0.4, -0.2) is 14.3 Å². The molecule has 0 spiro atoms. The Hall–Kier alpha value is -2.54. The molecular weight excluding hydrogens is 248 g/mol. The minimum absolute atomic E-state index is 0.386. The van der Waals surface area contributed by atoms with Gasteiger partial charge in [-0.25, -0.2) is 0 Å². The molecule has 0 fully saturated rings. The highest BCUT2D eigenvalue weighted by atomic mass is 15.3. The maximum atomic E-state index is 9.00. The molecule has 3 rings (SSSR count). The standard InChI is InChI=1S/C16H16N4/c1-11(2)20-10-14(13-6-4-5-7-15(13)20)16-8-12(9-17)18-19(16)3/h4-8,10-11H,1-3H3. The fraction of sp³-hybridized carbons (Fsp3) is 0.250. The molecule has 4 nitrogen and oxygen atoms in total. The van der Waals surface area contributed by atoms with Gasteiger partial charge in [0.1, 0.15) is 6.07 Å². The second-order valence-electron chi connectivity index (χ2n) is 5.21. The molecule has 20 heavy (non-hydrogen) atoms. The van der Waals surface area contributed by atoms with Gasteiger partial charge in [-0.05, 0) is 19.9 Å². The van der Waals surface area contributed by atoms with E-state index >= 15 is 0 Å². The summed E-state index contributed by atoms with van der Waals surface area (Å²) in [4.78, 5) is 0. The largest absolute Gasteiger partial charge is 0.344 e. The lowest BCUT2D eigenvalue weighted by Gasteiger charge is -2.08. The third kappa shape index (κ3) is 1.79. The summed E-state index contributed by atoms with van der Waals surface area (Å²) < 4.78 is 4.02. The zero-order valence-electron chi connectivity index (χ0n) is 11.8. The molecule has 1 aromatic carbocycles. The van der Waals surface area contributed by atoms with Crippen molar-refractivity contribution in [3.63, 3.8) is 0 Å². The fourth-order valence-corrected chi connectivity index (χ4v) is 2.61. The van der Waals surface area contributed by atoms with Crippen LogP contribution in [0.1, 0.15) is 25.6 Å². The highest BCUT2D eigenvalue weighted by molar-refractivity contribution is 5.95. The molecule has 0 N–H and O–H groups in total. The van der Waals surface area contributed by atoms with Crippen LogP contribution in [0.5, 0.6) is 0 Å². The van der Waals surface area contributed by atoms with E-state index in [9.17, 15) is 0 Å². The Morgan fingerprint density at radius 3 is 2.65 bits per heavy atom. The van der Waals surface area contributed by atoms with Gasteiger partial charge < -0.3 is 4.57 Å². The summed E-state index contributed by atoms with van der Waals surface area (Å²) in [6, 6.07) is 12.7. The Kier molecular flexibility index (Phi) is 2.83. The Morgan fingerprint density at radius 1 is 1.25 bits per heavy atom. The van der Waals surface area contributed by atoms with E-state index in [4.69, 9.17) is 5.26 Å². The van der Waals surface area contributed by atoms with E-state index in [1.165, 1.54) is 10.9 Å². The van der Waals surface area contributed by atoms with Crippen molar-refractivity contribution in [2.75, 3.05) is 0 Å². The SMILES string of the molecule is CC(C)n1cc(-c2cc(C#N)nn2C)c2ccccc21. The van der Waals surface area contributed by atoms with E-state index in [1.807, 2.05) is 19.2 Å². The van der Waals surface area contributed by atoms with Crippen molar-refractivity contribution in [3.05, 3.63) is 42.2 Å². The molecule has 0 aliphatic carbocycles. The predicted molar refractivity (Wildman–Crippen MR) is 79.2 cm³/mol. The van der Waals surface area contributed by atoms with E-state index in [2.05, 4.69) is 54.0 Å². The summed E-state index contributed by atoms with van der Waals surface area (Å²) >= 11 is 0. The van der Waals surface area contributed by atoms with E-state index in [0.717, 1.165) is 11.3 Å². The van der Waals surface area contributed by atoms with Crippen molar-refractivity contribution in [2.45, 2.75) is 19.9 Å². The van der Waals surface area contributed by atoms with Crippen molar-refractivity contribution >= 4 is 10.9 Å². The molecule has 2 aromatic heterocycles. The number of hydrogen-bond donors (Lipinski definition) is 0. The van der Waals surface area contributed by atoms with Crippen molar-refractivity contribution < 1.29 is 0 Å². The lowest BCUT2D eigenvalue weighted by molar-refractivity contribution is 0.623. The topological polar surface area (TPSA) is 46.5 Å². The lowest BCUT2D eigenvalue weighted by Crippen LogP contribution is -1.97. The van der Waals surface area contributed by atoms with Gasteiger partial charge in [0, 0.05) is 41.8 Å². The molecule has 0 aliphatic rings. The van der Waals surface area contributed by atoms with Crippen molar-refractivity contribution in [1.82, 2.24) is 14.3 Å². The molecule has 0 radical (unpaired) electrons. The van der Waals surface area contributed by atoms with Crippen LogP contribution in [0.4, 0.5) is 0 Å². The third-order valence-electron chi connectivity index (χ3n) is 3.57. The van der Waals surface area contributed by atoms with Gasteiger partial charge in [-0.1, -0.05) is 18.2 Å². The molecule has 100 valence electrons. The molecule has 0 saturated carbocycles. The number of nitriles is 1. The molecule has 0 bridgehead atoms. The summed E-state index contributed by atoms with van der Waals surface area (Å²) in [5, 5.41) is 14.4. The van der Waals surface area contributed by atoms with E-state index in [-0.39, 0.29) is 0 Å². The number of aryl methyl sites for hydroxylation is 1. The van der Waals surface area contributed by atoms with Gasteiger partial charge in [-0.3, -0.25) is 4.68 Å². The van der Waals surface area contributed by atoms with Gasteiger partial charge in [0.15, 0.2) is 5.69 Å². The van der Waals surface area contributed by atoms with E-state index in [0.29, 0.717) is 11.7 Å². The maximum absolute atomic E-state index is 9.00. The zero-order chi connectivity index (χ0) is 14.3. The van der Waals surface area contributed by atoms with Crippen LogP contribution in [0, 0.1) is 11.3 Å². The number of hydrogen-bond acceptors (Lipinski definition) is 2. The van der Waals surface area contributed by atoms with Crippen LogP contribution in [0.25, 0.3) is 22.2 Å². The van der Waals surface area contributed by atoms with Gasteiger partial charge in [-0.15, -0.1) is 0 Å². The summed E-state index contributed by atoms with van der Waals surface area (Å²) in [5.74, 6) is 0. The molecule has 2 heterocycles. The first-order chi connectivity index (χ1) is 9.61. The Morgan fingerprint density at radius 2 is 2.00 bits per heavy atom. The highest BCUT2D eigenvalue weighted by Gasteiger charge is 2.15. The molecule has 0 amide bonds. The monoisotopic (exact) mass is 264 g/mol. The number of aromatic nitrogens is 3. The Bertz CT molecular complexity index is 815. The predicted octanol–water partition coefficient (Wildman–Crippen LogP) is 3.49. The Balaban J connectivity index is 2.31. The van der Waals surface area contributed by atoms with Crippen LogP contribution >= 0.6 is 0 Å². The molecule has 0 saturated heterocycles. The van der Waals surface area contributed by atoms with E-state index < -0.39 is 0 Å². The molecule has 0 unspecified atom stereocenters. The highest BCUT2D eigenvalue weighted by Crippen LogP contribution is 2.32. The van der Waals surface area contributed by atoms with Crippen LogP contribution in [0.2, 0.25) is 0 Å². The van der Waals surface area contributed by atoms with Crippen LogP contribution < -0.4 is 0 Å². The molecular formula is C16H16N4. The van der Waals surface area contributed by atoms with Gasteiger partial charge in [-0.2, -0.15) is 10.4 Å². The smallest absolute Gasteiger partial charge is 0.163 e. The molecule has 0 aliphatic heterocycles. The first-order valence-electron chi connectivity index (χ1n) is 6.66. The number of fused-ring (bicyclic) bond motifs is 1. The third-order valence-corrected chi connectivity index (χ3v) is 3.57. The first kappa shape index (κ1) is 12.5. The van der Waals surface area contributed by atoms with Crippen LogP contribution in [0.15, 0.2) is 36.5 Å². The molecule has 4 heteroatoms. The normalized spacial score (nSPS) is 11.2. The first-order valence-corrected chi connectivity index (χ1v) is 6.66. The van der Waals surface area contributed by atoms with Crippen molar-refractivity contribution in [2.24, 2.45) is 7.05 Å².